The molecule has 4 rings (SSSR count). The SMILES string of the molecule is CCNCCNC(=O)c1ccc(-c2cnc3ccc(NCC4CC4)nn23)cc1. The summed E-state index contributed by atoms with van der Waals surface area (Å²) >= 11 is 0. The van der Waals surface area contributed by atoms with Crippen LogP contribution in [-0.4, -0.2) is 46.7 Å². The molecule has 0 bridgehead atoms. The minimum atomic E-state index is -0.0627. The third-order valence-electron chi connectivity index (χ3n) is 4.91. The van der Waals surface area contributed by atoms with Crippen molar-refractivity contribution in [1.29, 1.82) is 0 Å². The van der Waals surface area contributed by atoms with Gasteiger partial charge in [-0.2, -0.15) is 0 Å². The van der Waals surface area contributed by atoms with Crippen molar-refractivity contribution in [2.24, 2.45) is 5.92 Å². The van der Waals surface area contributed by atoms with E-state index >= 15 is 0 Å². The van der Waals surface area contributed by atoms with Crippen LogP contribution in [0.4, 0.5) is 5.82 Å². The van der Waals surface area contributed by atoms with E-state index < -0.39 is 0 Å². The number of hydrogen-bond donors (Lipinski definition) is 3. The first kappa shape index (κ1) is 18.4. The van der Waals surface area contributed by atoms with Gasteiger partial charge in [-0.3, -0.25) is 4.79 Å². The highest BCUT2D eigenvalue weighted by molar-refractivity contribution is 5.94. The Bertz CT molecular complexity index is 945. The van der Waals surface area contributed by atoms with Crippen molar-refractivity contribution in [3.05, 3.63) is 48.2 Å². The van der Waals surface area contributed by atoms with Gasteiger partial charge in [0, 0.05) is 30.8 Å². The quantitative estimate of drug-likeness (QED) is 0.499. The highest BCUT2D eigenvalue weighted by atomic mass is 16.1. The summed E-state index contributed by atoms with van der Waals surface area (Å²) < 4.78 is 1.85. The lowest BCUT2D eigenvalue weighted by Crippen LogP contribution is -2.31. The van der Waals surface area contributed by atoms with Gasteiger partial charge in [0.25, 0.3) is 5.91 Å². The molecule has 3 aromatic rings. The van der Waals surface area contributed by atoms with Crippen LogP contribution in [0.2, 0.25) is 0 Å². The summed E-state index contributed by atoms with van der Waals surface area (Å²) in [5.74, 6) is 1.58. The average Bonchev–Trinajstić information content (AvgIpc) is 3.47. The fourth-order valence-electron chi connectivity index (χ4n) is 3.07. The number of hydrogen-bond acceptors (Lipinski definition) is 5. The van der Waals surface area contributed by atoms with Crippen LogP contribution in [0.15, 0.2) is 42.6 Å². The number of carbonyl (C=O) groups is 1. The van der Waals surface area contributed by atoms with Crippen LogP contribution in [-0.2, 0) is 0 Å². The maximum Gasteiger partial charge on any atom is 0.251 e. The molecule has 1 aromatic carbocycles. The van der Waals surface area contributed by atoms with Gasteiger partial charge in [-0.1, -0.05) is 19.1 Å². The number of aromatic nitrogens is 3. The van der Waals surface area contributed by atoms with E-state index in [2.05, 4.69) is 26.0 Å². The van der Waals surface area contributed by atoms with Gasteiger partial charge in [0.2, 0.25) is 0 Å². The van der Waals surface area contributed by atoms with Gasteiger partial charge in [-0.05, 0) is 49.6 Å². The van der Waals surface area contributed by atoms with Crippen molar-refractivity contribution in [2.45, 2.75) is 19.8 Å². The Morgan fingerprint density at radius 1 is 1.14 bits per heavy atom. The molecule has 7 heteroatoms. The summed E-state index contributed by atoms with van der Waals surface area (Å²) in [4.78, 5) is 16.7. The summed E-state index contributed by atoms with van der Waals surface area (Å²) in [6.45, 7) is 5.30. The number of anilines is 1. The molecule has 28 heavy (non-hydrogen) atoms. The van der Waals surface area contributed by atoms with Crippen LogP contribution in [0, 0.1) is 5.92 Å². The first-order valence-corrected chi connectivity index (χ1v) is 9.92. The fourth-order valence-corrected chi connectivity index (χ4v) is 3.07. The van der Waals surface area contributed by atoms with Gasteiger partial charge in [-0.25, -0.2) is 9.50 Å². The van der Waals surface area contributed by atoms with Crippen LogP contribution in [0.3, 0.4) is 0 Å². The molecule has 3 N–H and O–H groups in total. The number of amides is 1. The molecule has 1 saturated carbocycles. The van der Waals surface area contributed by atoms with Gasteiger partial charge in [-0.15, -0.1) is 5.10 Å². The van der Waals surface area contributed by atoms with Crippen molar-refractivity contribution in [1.82, 2.24) is 25.2 Å². The Kier molecular flexibility index (Phi) is 5.53. The predicted octanol–water partition coefficient (Wildman–Crippen LogP) is 2.56. The number of rotatable bonds is 9. The van der Waals surface area contributed by atoms with Crippen molar-refractivity contribution in [3.63, 3.8) is 0 Å². The summed E-state index contributed by atoms with van der Waals surface area (Å²) in [6.07, 6.45) is 4.43. The number of nitrogens with zero attached hydrogens (tertiary/aromatic N) is 3. The van der Waals surface area contributed by atoms with Gasteiger partial charge in [0.1, 0.15) is 5.82 Å². The molecule has 0 radical (unpaired) electrons. The fraction of sp³-hybridized carbons (Fsp3) is 0.381. The molecule has 0 atom stereocenters. The van der Waals surface area contributed by atoms with Crippen molar-refractivity contribution in [2.75, 3.05) is 31.5 Å². The molecule has 0 aliphatic heterocycles. The number of nitrogens with one attached hydrogen (secondary N) is 3. The Balaban J connectivity index is 1.47. The summed E-state index contributed by atoms with van der Waals surface area (Å²) in [7, 11) is 0. The molecule has 0 saturated heterocycles. The molecule has 2 aromatic heterocycles. The van der Waals surface area contributed by atoms with E-state index in [1.54, 1.807) is 0 Å². The Labute approximate surface area is 164 Å². The molecular weight excluding hydrogens is 352 g/mol. The van der Waals surface area contributed by atoms with Gasteiger partial charge in [0.15, 0.2) is 5.65 Å². The van der Waals surface area contributed by atoms with Gasteiger partial charge in [0.05, 0.1) is 11.9 Å². The largest absolute Gasteiger partial charge is 0.368 e. The van der Waals surface area contributed by atoms with Crippen molar-refractivity contribution < 1.29 is 4.79 Å². The number of carbonyl (C=O) groups excluding carboxylic acids is 1. The molecular formula is C21H26N6O. The second-order valence-electron chi connectivity index (χ2n) is 7.14. The molecule has 1 aliphatic rings. The maximum atomic E-state index is 12.2. The summed E-state index contributed by atoms with van der Waals surface area (Å²) in [5.41, 5.74) is 3.33. The molecule has 1 aliphatic carbocycles. The molecule has 146 valence electrons. The van der Waals surface area contributed by atoms with Crippen LogP contribution < -0.4 is 16.0 Å². The van der Waals surface area contributed by atoms with E-state index in [1.165, 1.54) is 12.8 Å². The van der Waals surface area contributed by atoms with E-state index in [4.69, 9.17) is 0 Å². The minimum absolute atomic E-state index is 0.0627. The normalized spacial score (nSPS) is 13.6. The van der Waals surface area contributed by atoms with Crippen LogP contribution in [0.25, 0.3) is 16.9 Å². The highest BCUT2D eigenvalue weighted by Gasteiger charge is 2.20. The van der Waals surface area contributed by atoms with Crippen LogP contribution >= 0.6 is 0 Å². The Morgan fingerprint density at radius 2 is 1.96 bits per heavy atom. The zero-order chi connectivity index (χ0) is 19.3. The molecule has 2 heterocycles. The smallest absolute Gasteiger partial charge is 0.251 e. The molecule has 1 fully saturated rings. The van der Waals surface area contributed by atoms with E-state index in [1.807, 2.05) is 54.0 Å². The third-order valence-corrected chi connectivity index (χ3v) is 4.91. The van der Waals surface area contributed by atoms with Crippen molar-refractivity contribution in [3.8, 4) is 11.3 Å². The maximum absolute atomic E-state index is 12.2. The zero-order valence-corrected chi connectivity index (χ0v) is 16.1. The Hall–Kier alpha value is -2.93. The number of fused-ring (bicyclic) bond motifs is 1. The monoisotopic (exact) mass is 378 g/mol. The molecule has 0 unspecified atom stereocenters. The van der Waals surface area contributed by atoms with Gasteiger partial charge >= 0.3 is 0 Å². The molecule has 1 amide bonds. The average molecular weight is 378 g/mol. The standard InChI is InChI=1S/C21H26N6O/c1-2-22-11-12-23-21(28)17-7-5-16(6-8-17)18-14-25-20-10-9-19(26-27(18)20)24-13-15-3-4-15/h5-10,14-15,22H,2-4,11-13H2,1H3,(H,23,28)(H,24,26). The second kappa shape index (κ2) is 8.39. The lowest BCUT2D eigenvalue weighted by molar-refractivity contribution is 0.0954. The summed E-state index contributed by atoms with van der Waals surface area (Å²) in [6, 6.07) is 11.5. The molecule has 0 spiro atoms. The number of imidazole rings is 1. The van der Waals surface area contributed by atoms with Crippen LogP contribution in [0.1, 0.15) is 30.1 Å². The molecule has 7 nitrogen and oxygen atoms in total. The van der Waals surface area contributed by atoms with E-state index in [9.17, 15) is 4.79 Å². The Morgan fingerprint density at radius 3 is 2.71 bits per heavy atom. The van der Waals surface area contributed by atoms with Gasteiger partial charge < -0.3 is 16.0 Å². The lowest BCUT2D eigenvalue weighted by atomic mass is 10.1. The van der Waals surface area contributed by atoms with Crippen LogP contribution in [0.5, 0.6) is 0 Å². The van der Waals surface area contributed by atoms with E-state index in [0.29, 0.717) is 12.1 Å². The topological polar surface area (TPSA) is 83.3 Å². The number of benzene rings is 1. The first-order chi connectivity index (χ1) is 13.7. The number of likely N-dealkylation sites (N-methyl/N-ethyl adjacent to an activating group) is 1. The zero-order valence-electron chi connectivity index (χ0n) is 16.1. The highest BCUT2D eigenvalue weighted by Crippen LogP contribution is 2.29. The van der Waals surface area contributed by atoms with Crippen molar-refractivity contribution >= 4 is 17.4 Å². The predicted molar refractivity (Wildman–Crippen MR) is 111 cm³/mol. The lowest BCUT2D eigenvalue weighted by Gasteiger charge is -2.08. The second-order valence-corrected chi connectivity index (χ2v) is 7.14. The van der Waals surface area contributed by atoms with E-state index in [-0.39, 0.29) is 5.91 Å². The third kappa shape index (κ3) is 4.31. The minimum Gasteiger partial charge on any atom is -0.368 e. The van der Waals surface area contributed by atoms with E-state index in [0.717, 1.165) is 48.3 Å². The summed E-state index contributed by atoms with van der Waals surface area (Å²) in [5, 5.41) is 14.2. The first-order valence-electron chi connectivity index (χ1n) is 9.92.